The summed E-state index contributed by atoms with van der Waals surface area (Å²) in [6, 6.07) is 13.3. The van der Waals surface area contributed by atoms with Crippen molar-refractivity contribution in [1.82, 2.24) is 0 Å². The minimum Gasteiger partial charge on any atom is -0.488 e. The van der Waals surface area contributed by atoms with Crippen LogP contribution >= 0.6 is 0 Å². The summed E-state index contributed by atoms with van der Waals surface area (Å²) < 4.78 is 10.5. The molecule has 0 saturated heterocycles. The zero-order valence-corrected chi connectivity index (χ0v) is 11.2. The average molecular weight is 266 g/mol. The first-order valence-corrected chi connectivity index (χ1v) is 6.33. The molecule has 0 spiro atoms. The second-order valence-corrected chi connectivity index (χ2v) is 4.63. The average Bonchev–Trinajstić information content (AvgIpc) is 2.64. The number of hydrogen-bond donors (Lipinski definition) is 0. The molecule has 0 saturated carbocycles. The smallest absolute Gasteiger partial charge is 0.337 e. The van der Waals surface area contributed by atoms with Crippen molar-refractivity contribution in [3.8, 4) is 5.75 Å². The van der Waals surface area contributed by atoms with E-state index in [1.54, 1.807) is 12.1 Å². The second-order valence-electron chi connectivity index (χ2n) is 4.63. The topological polar surface area (TPSA) is 35.5 Å². The van der Waals surface area contributed by atoms with Crippen LogP contribution in [0.25, 0.3) is 5.57 Å². The molecule has 20 heavy (non-hydrogen) atoms. The van der Waals surface area contributed by atoms with Gasteiger partial charge in [-0.25, -0.2) is 4.79 Å². The third-order valence-electron chi connectivity index (χ3n) is 3.45. The molecule has 1 heterocycles. The van der Waals surface area contributed by atoms with Crippen LogP contribution in [0.3, 0.4) is 0 Å². The number of carbonyl (C=O) groups is 1. The highest BCUT2D eigenvalue weighted by atomic mass is 16.5. The van der Waals surface area contributed by atoms with E-state index in [0.717, 1.165) is 22.3 Å². The number of methoxy groups -OCH3 is 1. The summed E-state index contributed by atoms with van der Waals surface area (Å²) in [7, 11) is 1.36. The molecule has 3 rings (SSSR count). The molecule has 0 aromatic heterocycles. The van der Waals surface area contributed by atoms with Gasteiger partial charge in [0.05, 0.1) is 12.7 Å². The summed E-state index contributed by atoms with van der Waals surface area (Å²) in [5.41, 5.74) is 4.46. The van der Waals surface area contributed by atoms with Crippen molar-refractivity contribution in [2.45, 2.75) is 6.61 Å². The molecule has 0 amide bonds. The highest BCUT2D eigenvalue weighted by Gasteiger charge is 2.19. The molecule has 0 fully saturated rings. The summed E-state index contributed by atoms with van der Waals surface area (Å²) in [4.78, 5) is 11.6. The Kier molecular flexibility index (Phi) is 3.03. The van der Waals surface area contributed by atoms with Crippen LogP contribution < -0.4 is 4.74 Å². The SMILES string of the molecule is C=C1c2ccccc2COc2cc(C(=O)OC)ccc21. The van der Waals surface area contributed by atoms with E-state index in [-0.39, 0.29) is 5.97 Å². The van der Waals surface area contributed by atoms with Gasteiger partial charge in [-0.1, -0.05) is 30.8 Å². The molecular weight excluding hydrogens is 252 g/mol. The van der Waals surface area contributed by atoms with Crippen LogP contribution in [0.2, 0.25) is 0 Å². The highest BCUT2D eigenvalue weighted by molar-refractivity contribution is 5.92. The lowest BCUT2D eigenvalue weighted by molar-refractivity contribution is 0.0600. The van der Waals surface area contributed by atoms with Gasteiger partial charge >= 0.3 is 5.97 Å². The highest BCUT2D eigenvalue weighted by Crippen LogP contribution is 2.36. The van der Waals surface area contributed by atoms with Gasteiger partial charge in [-0.15, -0.1) is 0 Å². The summed E-state index contributed by atoms with van der Waals surface area (Å²) in [6.07, 6.45) is 0. The molecule has 0 radical (unpaired) electrons. The van der Waals surface area contributed by atoms with Crippen molar-refractivity contribution < 1.29 is 14.3 Å². The predicted molar refractivity (Wildman–Crippen MR) is 76.7 cm³/mol. The molecule has 0 N–H and O–H groups in total. The van der Waals surface area contributed by atoms with Crippen LogP contribution in [0.4, 0.5) is 0 Å². The second kappa shape index (κ2) is 4.85. The number of rotatable bonds is 1. The van der Waals surface area contributed by atoms with Crippen molar-refractivity contribution in [1.29, 1.82) is 0 Å². The molecule has 100 valence electrons. The quantitative estimate of drug-likeness (QED) is 0.742. The Morgan fingerprint density at radius 2 is 2.00 bits per heavy atom. The summed E-state index contributed by atoms with van der Waals surface area (Å²) in [5, 5.41) is 0. The van der Waals surface area contributed by atoms with Crippen LogP contribution in [0.5, 0.6) is 5.75 Å². The maximum Gasteiger partial charge on any atom is 0.337 e. The van der Waals surface area contributed by atoms with Gasteiger partial charge in [0.1, 0.15) is 12.4 Å². The number of carbonyl (C=O) groups excluding carboxylic acids is 1. The Morgan fingerprint density at radius 3 is 2.80 bits per heavy atom. The monoisotopic (exact) mass is 266 g/mol. The fraction of sp³-hybridized carbons (Fsp3) is 0.118. The number of ether oxygens (including phenoxy) is 2. The van der Waals surface area contributed by atoms with Gasteiger partial charge in [-0.05, 0) is 34.9 Å². The largest absolute Gasteiger partial charge is 0.488 e. The fourth-order valence-corrected chi connectivity index (χ4v) is 2.38. The van der Waals surface area contributed by atoms with E-state index < -0.39 is 0 Å². The van der Waals surface area contributed by atoms with Gasteiger partial charge in [0.15, 0.2) is 0 Å². The van der Waals surface area contributed by atoms with Crippen molar-refractivity contribution >= 4 is 11.5 Å². The molecule has 2 aromatic carbocycles. The molecule has 0 aliphatic carbocycles. The van der Waals surface area contributed by atoms with Crippen molar-refractivity contribution in [2.24, 2.45) is 0 Å². The Labute approximate surface area is 117 Å². The van der Waals surface area contributed by atoms with Gasteiger partial charge in [0, 0.05) is 5.56 Å². The van der Waals surface area contributed by atoms with E-state index >= 15 is 0 Å². The zero-order chi connectivity index (χ0) is 14.1. The minimum atomic E-state index is -0.372. The molecule has 3 heteroatoms. The lowest BCUT2D eigenvalue weighted by atomic mass is 9.95. The molecule has 2 aromatic rings. The number of benzene rings is 2. The lowest BCUT2D eigenvalue weighted by Crippen LogP contribution is -2.02. The van der Waals surface area contributed by atoms with Gasteiger partial charge < -0.3 is 9.47 Å². The maximum absolute atomic E-state index is 11.6. The molecule has 1 aliphatic heterocycles. The third-order valence-corrected chi connectivity index (χ3v) is 3.45. The Morgan fingerprint density at radius 1 is 1.20 bits per heavy atom. The Balaban J connectivity index is 2.09. The molecule has 0 atom stereocenters. The van der Waals surface area contributed by atoms with Gasteiger partial charge in [0.25, 0.3) is 0 Å². The summed E-state index contributed by atoms with van der Waals surface area (Å²) >= 11 is 0. The summed E-state index contributed by atoms with van der Waals surface area (Å²) in [5.74, 6) is 0.290. The lowest BCUT2D eigenvalue weighted by Gasteiger charge is -2.09. The number of esters is 1. The van der Waals surface area contributed by atoms with Crippen LogP contribution in [-0.2, 0) is 11.3 Å². The zero-order valence-electron chi connectivity index (χ0n) is 11.2. The molecular formula is C17H14O3. The van der Waals surface area contributed by atoms with Crippen LogP contribution in [0.1, 0.15) is 27.0 Å². The van der Waals surface area contributed by atoms with E-state index in [4.69, 9.17) is 9.47 Å². The van der Waals surface area contributed by atoms with Crippen LogP contribution in [-0.4, -0.2) is 13.1 Å². The van der Waals surface area contributed by atoms with E-state index in [2.05, 4.69) is 6.58 Å². The van der Waals surface area contributed by atoms with Crippen molar-refractivity contribution in [3.63, 3.8) is 0 Å². The third kappa shape index (κ3) is 1.97. The molecule has 1 aliphatic rings. The first-order valence-electron chi connectivity index (χ1n) is 6.33. The fourth-order valence-electron chi connectivity index (χ4n) is 2.38. The summed E-state index contributed by atoms with van der Waals surface area (Å²) in [6.45, 7) is 4.62. The standard InChI is InChI=1S/C17H14O3/c1-11-14-6-4-3-5-13(14)10-20-16-9-12(17(18)19-2)7-8-15(11)16/h3-9H,1,10H2,2H3. The normalized spacial score (nSPS) is 12.8. The van der Waals surface area contributed by atoms with Gasteiger partial charge in [-0.2, -0.15) is 0 Å². The molecule has 0 unspecified atom stereocenters. The molecule has 0 bridgehead atoms. The van der Waals surface area contributed by atoms with E-state index in [1.165, 1.54) is 7.11 Å². The Bertz CT molecular complexity index is 701. The Hall–Kier alpha value is -2.55. The van der Waals surface area contributed by atoms with Crippen molar-refractivity contribution in [2.75, 3.05) is 7.11 Å². The number of fused-ring (bicyclic) bond motifs is 2. The van der Waals surface area contributed by atoms with Gasteiger partial charge in [0.2, 0.25) is 0 Å². The van der Waals surface area contributed by atoms with Crippen LogP contribution in [0, 0.1) is 0 Å². The van der Waals surface area contributed by atoms with Crippen LogP contribution in [0.15, 0.2) is 49.0 Å². The predicted octanol–water partition coefficient (Wildman–Crippen LogP) is 3.43. The number of hydrogen-bond acceptors (Lipinski definition) is 3. The first kappa shape index (κ1) is 12.5. The van der Waals surface area contributed by atoms with E-state index in [0.29, 0.717) is 17.9 Å². The maximum atomic E-state index is 11.6. The first-order chi connectivity index (χ1) is 9.70. The van der Waals surface area contributed by atoms with E-state index in [1.807, 2.05) is 30.3 Å². The van der Waals surface area contributed by atoms with Crippen molar-refractivity contribution in [3.05, 3.63) is 71.3 Å². The van der Waals surface area contributed by atoms with Gasteiger partial charge in [-0.3, -0.25) is 0 Å². The minimum absolute atomic E-state index is 0.372. The van der Waals surface area contributed by atoms with E-state index in [9.17, 15) is 4.79 Å². The molecule has 3 nitrogen and oxygen atoms in total.